The minimum absolute atomic E-state index is 0.167. The second-order valence-electron chi connectivity index (χ2n) is 7.11. The van der Waals surface area contributed by atoms with Crippen LogP contribution in [0.1, 0.15) is 27.2 Å². The van der Waals surface area contributed by atoms with E-state index >= 15 is 0 Å². The monoisotopic (exact) mass is 343 g/mol. The van der Waals surface area contributed by atoms with Gasteiger partial charge in [0.1, 0.15) is 11.5 Å². The third-order valence-electron chi connectivity index (χ3n) is 4.62. The molecule has 1 saturated carbocycles. The smallest absolute Gasteiger partial charge is 0.417 e. The quantitative estimate of drug-likeness (QED) is 0.561. The summed E-state index contributed by atoms with van der Waals surface area (Å²) in [5, 5.41) is 0. The van der Waals surface area contributed by atoms with Crippen LogP contribution >= 0.6 is 0 Å². The number of esters is 1. The van der Waals surface area contributed by atoms with Crippen LogP contribution in [0.3, 0.4) is 0 Å². The molecular formula is C16H25NO7. The van der Waals surface area contributed by atoms with Crippen molar-refractivity contribution in [2.24, 2.45) is 17.8 Å². The van der Waals surface area contributed by atoms with Crippen molar-refractivity contribution in [1.29, 1.82) is 0 Å². The summed E-state index contributed by atoms with van der Waals surface area (Å²) in [4.78, 5) is 38.2. The molecule has 1 aliphatic heterocycles. The molecule has 8 nitrogen and oxygen atoms in total. The first kappa shape index (κ1) is 18.7. The maximum atomic E-state index is 12.8. The van der Waals surface area contributed by atoms with Crippen molar-refractivity contribution in [2.75, 3.05) is 27.9 Å². The molecule has 2 rings (SSSR count). The second-order valence-corrected chi connectivity index (χ2v) is 7.11. The number of hydrogen-bond acceptors (Lipinski definition) is 7. The molecule has 3 atom stereocenters. The van der Waals surface area contributed by atoms with E-state index in [4.69, 9.17) is 18.9 Å². The minimum Gasteiger partial charge on any atom is -0.469 e. The Morgan fingerprint density at radius 1 is 1.17 bits per heavy atom. The van der Waals surface area contributed by atoms with Gasteiger partial charge in [-0.1, -0.05) is 0 Å². The lowest BCUT2D eigenvalue weighted by atomic mass is 9.93. The zero-order chi connectivity index (χ0) is 18.3. The Morgan fingerprint density at radius 2 is 1.75 bits per heavy atom. The highest BCUT2D eigenvalue weighted by Gasteiger charge is 2.67. The Kier molecular flexibility index (Phi) is 4.92. The summed E-state index contributed by atoms with van der Waals surface area (Å²) < 4.78 is 21.0. The number of rotatable bonds is 3. The van der Waals surface area contributed by atoms with Gasteiger partial charge in [-0.15, -0.1) is 0 Å². The topological polar surface area (TPSA) is 91.4 Å². The zero-order valence-electron chi connectivity index (χ0n) is 15.0. The molecule has 2 fully saturated rings. The van der Waals surface area contributed by atoms with Crippen LogP contribution in [0.5, 0.6) is 0 Å². The van der Waals surface area contributed by atoms with Crippen LogP contribution in [-0.2, 0) is 28.5 Å². The Labute approximate surface area is 141 Å². The third kappa shape index (κ3) is 2.88. The SMILES string of the molecule is COC(=O)[C@H]1C[C@H]2CN(C(=O)OC(C)(C)C)C(=O)[C@H]2C1(OC)OC. The molecule has 1 heterocycles. The van der Waals surface area contributed by atoms with Gasteiger partial charge in [0.2, 0.25) is 5.91 Å². The summed E-state index contributed by atoms with van der Waals surface area (Å²) in [6.45, 7) is 5.36. The van der Waals surface area contributed by atoms with Gasteiger partial charge in [0.05, 0.1) is 13.0 Å². The van der Waals surface area contributed by atoms with Crippen molar-refractivity contribution in [3.63, 3.8) is 0 Å². The highest BCUT2D eigenvalue weighted by atomic mass is 16.7. The van der Waals surface area contributed by atoms with Crippen molar-refractivity contribution in [3.05, 3.63) is 0 Å². The van der Waals surface area contributed by atoms with E-state index in [1.165, 1.54) is 21.3 Å². The van der Waals surface area contributed by atoms with E-state index in [1.807, 2.05) is 0 Å². The Morgan fingerprint density at radius 3 is 2.21 bits per heavy atom. The minimum atomic E-state index is -1.44. The van der Waals surface area contributed by atoms with Crippen LogP contribution in [-0.4, -0.2) is 62.1 Å². The molecule has 0 N–H and O–H groups in total. The average molecular weight is 343 g/mol. The number of nitrogens with zero attached hydrogens (tertiary/aromatic N) is 1. The van der Waals surface area contributed by atoms with E-state index < -0.39 is 41.2 Å². The van der Waals surface area contributed by atoms with E-state index in [-0.39, 0.29) is 12.5 Å². The number of amides is 2. The van der Waals surface area contributed by atoms with Gasteiger partial charge < -0.3 is 18.9 Å². The summed E-state index contributed by atoms with van der Waals surface area (Å²) >= 11 is 0. The lowest BCUT2D eigenvalue weighted by Crippen LogP contribution is -2.51. The van der Waals surface area contributed by atoms with Gasteiger partial charge in [-0.25, -0.2) is 9.69 Å². The normalized spacial score (nSPS) is 28.7. The molecule has 2 aliphatic rings. The average Bonchev–Trinajstić information content (AvgIpc) is 3.00. The first-order chi connectivity index (χ1) is 11.1. The molecule has 0 radical (unpaired) electrons. The molecule has 0 aromatic rings. The lowest BCUT2D eigenvalue weighted by molar-refractivity contribution is -0.251. The molecule has 0 unspecified atom stereocenters. The van der Waals surface area contributed by atoms with Gasteiger partial charge in [-0.2, -0.15) is 0 Å². The van der Waals surface area contributed by atoms with Crippen molar-refractivity contribution < 1.29 is 33.3 Å². The number of ether oxygens (including phenoxy) is 4. The zero-order valence-corrected chi connectivity index (χ0v) is 15.0. The van der Waals surface area contributed by atoms with E-state index in [9.17, 15) is 14.4 Å². The summed E-state index contributed by atoms with van der Waals surface area (Å²) in [5.74, 6) is -4.13. The summed E-state index contributed by atoms with van der Waals surface area (Å²) in [7, 11) is 4.04. The van der Waals surface area contributed by atoms with Crippen LogP contribution in [0, 0.1) is 17.8 Å². The summed E-state index contributed by atoms with van der Waals surface area (Å²) in [6, 6.07) is 0. The molecule has 0 aromatic heterocycles. The fourth-order valence-corrected chi connectivity index (χ4v) is 3.70. The summed E-state index contributed by atoms with van der Waals surface area (Å²) in [5.41, 5.74) is -0.705. The second kappa shape index (κ2) is 6.33. The molecule has 2 amide bonds. The molecule has 0 aromatic carbocycles. The van der Waals surface area contributed by atoms with Gasteiger partial charge >= 0.3 is 12.1 Å². The largest absolute Gasteiger partial charge is 0.469 e. The summed E-state index contributed by atoms with van der Waals surface area (Å²) in [6.07, 6.45) is -0.359. The molecule has 1 aliphatic carbocycles. The predicted octanol–water partition coefficient (Wildman–Crippen LogP) is 1.18. The fraction of sp³-hybridized carbons (Fsp3) is 0.812. The molecule has 136 valence electrons. The van der Waals surface area contributed by atoms with Crippen molar-refractivity contribution in [2.45, 2.75) is 38.6 Å². The fourth-order valence-electron chi connectivity index (χ4n) is 3.70. The third-order valence-corrected chi connectivity index (χ3v) is 4.62. The Hall–Kier alpha value is -1.67. The van der Waals surface area contributed by atoms with Gasteiger partial charge in [-0.05, 0) is 33.1 Å². The van der Waals surface area contributed by atoms with Gasteiger partial charge in [-0.3, -0.25) is 9.59 Å². The van der Waals surface area contributed by atoms with Gasteiger partial charge in [0.25, 0.3) is 0 Å². The number of carbonyl (C=O) groups excluding carboxylic acids is 3. The molecular weight excluding hydrogens is 318 g/mol. The Bertz CT molecular complexity index is 535. The van der Waals surface area contributed by atoms with Crippen LogP contribution in [0.2, 0.25) is 0 Å². The van der Waals surface area contributed by atoms with Crippen molar-refractivity contribution >= 4 is 18.0 Å². The van der Waals surface area contributed by atoms with Crippen LogP contribution in [0.4, 0.5) is 4.79 Å². The molecule has 0 bridgehead atoms. The standard InChI is InChI=1S/C16H25NO7/c1-15(2,3)24-14(20)17-8-9-7-10(13(19)21-4)16(22-5,23-6)11(9)12(17)18/h9-11H,7-8H2,1-6H3/t9-,10+,11-/m0/s1. The number of likely N-dealkylation sites (tertiary alicyclic amines) is 1. The maximum absolute atomic E-state index is 12.8. The number of fused-ring (bicyclic) bond motifs is 1. The highest BCUT2D eigenvalue weighted by Crippen LogP contribution is 2.52. The van der Waals surface area contributed by atoms with E-state index in [0.717, 1.165) is 4.90 Å². The van der Waals surface area contributed by atoms with Crippen LogP contribution in [0.25, 0.3) is 0 Å². The number of hydrogen-bond donors (Lipinski definition) is 0. The predicted molar refractivity (Wildman–Crippen MR) is 81.8 cm³/mol. The van der Waals surface area contributed by atoms with Crippen LogP contribution in [0.15, 0.2) is 0 Å². The lowest BCUT2D eigenvalue weighted by Gasteiger charge is -2.35. The molecule has 0 spiro atoms. The number of carbonyl (C=O) groups is 3. The molecule has 24 heavy (non-hydrogen) atoms. The first-order valence-corrected chi connectivity index (χ1v) is 7.83. The van der Waals surface area contributed by atoms with E-state index in [1.54, 1.807) is 20.8 Å². The van der Waals surface area contributed by atoms with Gasteiger partial charge in [0, 0.05) is 20.8 Å². The maximum Gasteiger partial charge on any atom is 0.417 e. The van der Waals surface area contributed by atoms with Crippen LogP contribution < -0.4 is 0 Å². The number of imide groups is 1. The Balaban J connectivity index is 2.29. The molecule has 1 saturated heterocycles. The van der Waals surface area contributed by atoms with E-state index in [0.29, 0.717) is 6.42 Å². The first-order valence-electron chi connectivity index (χ1n) is 7.83. The number of methoxy groups -OCH3 is 3. The molecule has 8 heteroatoms. The van der Waals surface area contributed by atoms with Crippen molar-refractivity contribution in [1.82, 2.24) is 4.90 Å². The van der Waals surface area contributed by atoms with Crippen molar-refractivity contribution in [3.8, 4) is 0 Å². The highest BCUT2D eigenvalue weighted by molar-refractivity contribution is 5.97. The van der Waals surface area contributed by atoms with Gasteiger partial charge in [0.15, 0.2) is 5.79 Å². The van der Waals surface area contributed by atoms with E-state index in [2.05, 4.69) is 0 Å².